The molecule has 0 radical (unpaired) electrons. The van der Waals surface area contributed by atoms with E-state index in [9.17, 15) is 14.9 Å². The van der Waals surface area contributed by atoms with Crippen LogP contribution in [0.1, 0.15) is 21.6 Å². The van der Waals surface area contributed by atoms with Crippen molar-refractivity contribution in [3.8, 4) is 0 Å². The molecule has 0 fully saturated rings. The minimum absolute atomic E-state index is 0.0238. The number of aromatic nitrogens is 2. The Morgan fingerprint density at radius 2 is 1.96 bits per heavy atom. The SMILES string of the molecule is O=C(N/N=C\c1ccccc1Cl)c1ccn(Cc2ccc([N+](=O)[O-])cc2)n1. The van der Waals surface area contributed by atoms with Gasteiger partial charge in [-0.05, 0) is 17.7 Å². The van der Waals surface area contributed by atoms with Crippen molar-refractivity contribution in [2.24, 2.45) is 5.10 Å². The second-order valence-electron chi connectivity index (χ2n) is 5.54. The van der Waals surface area contributed by atoms with Crippen LogP contribution in [0, 0.1) is 10.1 Å². The lowest BCUT2D eigenvalue weighted by molar-refractivity contribution is -0.384. The largest absolute Gasteiger partial charge is 0.291 e. The standard InChI is InChI=1S/C18H14ClN5O3/c19-16-4-2-1-3-14(16)11-20-21-18(25)17-9-10-23(22-17)12-13-5-7-15(8-6-13)24(26)27/h1-11H,12H2,(H,21,25)/b20-11-. The summed E-state index contributed by atoms with van der Waals surface area (Å²) in [5, 5.41) is 19.3. The van der Waals surface area contributed by atoms with Gasteiger partial charge in [0.2, 0.25) is 0 Å². The smallest absolute Gasteiger partial charge is 0.268 e. The summed E-state index contributed by atoms with van der Waals surface area (Å²) in [4.78, 5) is 22.3. The minimum atomic E-state index is -0.458. The molecule has 0 aliphatic heterocycles. The third-order valence-electron chi connectivity index (χ3n) is 3.64. The summed E-state index contributed by atoms with van der Waals surface area (Å²) in [6.07, 6.45) is 3.10. The van der Waals surface area contributed by atoms with Crippen LogP contribution in [0.2, 0.25) is 5.02 Å². The van der Waals surface area contributed by atoms with Gasteiger partial charge < -0.3 is 0 Å². The number of carbonyl (C=O) groups is 1. The molecular weight excluding hydrogens is 370 g/mol. The van der Waals surface area contributed by atoms with E-state index in [1.807, 2.05) is 6.07 Å². The summed E-state index contributed by atoms with van der Waals surface area (Å²) < 4.78 is 1.56. The van der Waals surface area contributed by atoms with E-state index in [1.54, 1.807) is 47.3 Å². The average Bonchev–Trinajstić information content (AvgIpc) is 3.12. The quantitative estimate of drug-likeness (QED) is 0.401. The van der Waals surface area contributed by atoms with Crippen LogP contribution in [0.15, 0.2) is 65.9 Å². The zero-order chi connectivity index (χ0) is 19.2. The van der Waals surface area contributed by atoms with Gasteiger partial charge in [-0.2, -0.15) is 10.2 Å². The molecule has 0 saturated heterocycles. The van der Waals surface area contributed by atoms with Gasteiger partial charge in [0.15, 0.2) is 5.69 Å². The third kappa shape index (κ3) is 4.77. The number of nitrogens with zero attached hydrogens (tertiary/aromatic N) is 4. The maximum absolute atomic E-state index is 12.1. The first-order valence-corrected chi connectivity index (χ1v) is 8.25. The number of halogens is 1. The summed E-state index contributed by atoms with van der Waals surface area (Å²) in [6.45, 7) is 0.383. The van der Waals surface area contributed by atoms with Crippen LogP contribution in [0.5, 0.6) is 0 Å². The van der Waals surface area contributed by atoms with Crippen molar-refractivity contribution in [3.05, 3.63) is 92.8 Å². The van der Waals surface area contributed by atoms with E-state index < -0.39 is 10.8 Å². The van der Waals surface area contributed by atoms with E-state index in [2.05, 4.69) is 15.6 Å². The summed E-state index contributed by atoms with van der Waals surface area (Å²) in [7, 11) is 0. The molecule has 136 valence electrons. The fourth-order valence-corrected chi connectivity index (χ4v) is 2.46. The van der Waals surface area contributed by atoms with E-state index in [-0.39, 0.29) is 11.4 Å². The molecule has 0 unspecified atom stereocenters. The molecule has 3 rings (SSSR count). The Morgan fingerprint density at radius 1 is 1.22 bits per heavy atom. The number of hydrazone groups is 1. The van der Waals surface area contributed by atoms with Crippen LogP contribution >= 0.6 is 11.6 Å². The predicted octanol–water partition coefficient (Wildman–Crippen LogP) is 3.26. The number of hydrogen-bond donors (Lipinski definition) is 1. The van der Waals surface area contributed by atoms with Crippen molar-refractivity contribution in [2.75, 3.05) is 0 Å². The number of benzene rings is 2. The number of nitro groups is 1. The van der Waals surface area contributed by atoms with Crippen LogP contribution in [0.4, 0.5) is 5.69 Å². The average molecular weight is 384 g/mol. The first kappa shape index (κ1) is 18.3. The molecule has 0 atom stereocenters. The molecule has 1 heterocycles. The number of amides is 1. The van der Waals surface area contributed by atoms with Gasteiger partial charge >= 0.3 is 0 Å². The maximum atomic E-state index is 12.1. The van der Waals surface area contributed by atoms with Gasteiger partial charge in [-0.15, -0.1) is 0 Å². The molecule has 1 amide bonds. The Morgan fingerprint density at radius 3 is 2.67 bits per heavy atom. The third-order valence-corrected chi connectivity index (χ3v) is 3.98. The zero-order valence-corrected chi connectivity index (χ0v) is 14.7. The van der Waals surface area contributed by atoms with Crippen LogP contribution in [0.3, 0.4) is 0 Å². The highest BCUT2D eigenvalue weighted by atomic mass is 35.5. The van der Waals surface area contributed by atoms with Gasteiger partial charge in [-0.25, -0.2) is 5.43 Å². The van der Waals surface area contributed by atoms with Crippen molar-refractivity contribution in [1.29, 1.82) is 0 Å². The van der Waals surface area contributed by atoms with Gasteiger partial charge in [0, 0.05) is 28.9 Å². The van der Waals surface area contributed by atoms with Crippen LogP contribution in [-0.2, 0) is 6.54 Å². The lowest BCUT2D eigenvalue weighted by atomic mass is 10.2. The monoisotopic (exact) mass is 383 g/mol. The van der Waals surface area contributed by atoms with Crippen molar-refractivity contribution in [1.82, 2.24) is 15.2 Å². The van der Waals surface area contributed by atoms with Crippen LogP contribution < -0.4 is 5.43 Å². The molecule has 8 nitrogen and oxygen atoms in total. The van der Waals surface area contributed by atoms with Gasteiger partial charge in [0.05, 0.1) is 17.7 Å². The first-order valence-electron chi connectivity index (χ1n) is 7.87. The fourth-order valence-electron chi connectivity index (χ4n) is 2.28. The van der Waals surface area contributed by atoms with E-state index in [0.29, 0.717) is 17.1 Å². The number of carbonyl (C=O) groups excluding carboxylic acids is 1. The van der Waals surface area contributed by atoms with Crippen molar-refractivity contribution >= 4 is 29.4 Å². The topological polar surface area (TPSA) is 102 Å². The molecular formula is C18H14ClN5O3. The lowest BCUT2D eigenvalue weighted by Crippen LogP contribution is -2.18. The van der Waals surface area contributed by atoms with Gasteiger partial charge in [-0.3, -0.25) is 19.6 Å². The molecule has 27 heavy (non-hydrogen) atoms. The Balaban J connectivity index is 1.60. The molecule has 0 aliphatic rings. The number of rotatable bonds is 6. The Bertz CT molecular complexity index is 998. The summed E-state index contributed by atoms with van der Waals surface area (Å²) in [5.41, 5.74) is 4.13. The molecule has 3 aromatic rings. The second-order valence-corrected chi connectivity index (χ2v) is 5.95. The van der Waals surface area contributed by atoms with E-state index in [1.165, 1.54) is 18.3 Å². The van der Waals surface area contributed by atoms with Crippen molar-refractivity contribution in [3.63, 3.8) is 0 Å². The van der Waals surface area contributed by atoms with E-state index in [0.717, 1.165) is 5.56 Å². The summed E-state index contributed by atoms with van der Waals surface area (Å²) >= 11 is 6.01. The normalized spacial score (nSPS) is 10.9. The molecule has 0 bridgehead atoms. The predicted molar refractivity (Wildman–Crippen MR) is 101 cm³/mol. The molecule has 1 N–H and O–H groups in total. The maximum Gasteiger partial charge on any atom is 0.291 e. The molecule has 0 spiro atoms. The minimum Gasteiger partial charge on any atom is -0.268 e. The molecule has 0 aliphatic carbocycles. The highest BCUT2D eigenvalue weighted by molar-refractivity contribution is 6.33. The number of nitro benzene ring substituents is 1. The summed E-state index contributed by atoms with van der Waals surface area (Å²) in [6, 6.07) is 14.8. The Labute approximate surface area is 159 Å². The molecule has 9 heteroatoms. The van der Waals surface area contributed by atoms with E-state index in [4.69, 9.17) is 11.6 Å². The van der Waals surface area contributed by atoms with E-state index >= 15 is 0 Å². The highest BCUT2D eigenvalue weighted by Crippen LogP contribution is 2.13. The van der Waals surface area contributed by atoms with Gasteiger partial charge in [0.1, 0.15) is 0 Å². The lowest BCUT2D eigenvalue weighted by Gasteiger charge is -2.01. The Hall–Kier alpha value is -3.52. The van der Waals surface area contributed by atoms with Crippen molar-refractivity contribution in [2.45, 2.75) is 6.54 Å². The number of hydrogen-bond acceptors (Lipinski definition) is 5. The van der Waals surface area contributed by atoms with Gasteiger partial charge in [-0.1, -0.05) is 41.9 Å². The van der Waals surface area contributed by atoms with Crippen LogP contribution in [-0.4, -0.2) is 26.8 Å². The zero-order valence-electron chi connectivity index (χ0n) is 13.9. The summed E-state index contributed by atoms with van der Waals surface area (Å²) in [5.74, 6) is -0.458. The fraction of sp³-hybridized carbons (Fsp3) is 0.0556. The van der Waals surface area contributed by atoms with Crippen molar-refractivity contribution < 1.29 is 9.72 Å². The first-order chi connectivity index (χ1) is 13.0. The highest BCUT2D eigenvalue weighted by Gasteiger charge is 2.09. The number of nitrogens with one attached hydrogen (secondary N) is 1. The Kier molecular flexibility index (Phi) is 5.58. The van der Waals surface area contributed by atoms with Crippen LogP contribution in [0.25, 0.3) is 0 Å². The number of non-ortho nitro benzene ring substituents is 1. The van der Waals surface area contributed by atoms with Gasteiger partial charge in [0.25, 0.3) is 11.6 Å². The molecule has 2 aromatic carbocycles. The second kappa shape index (κ2) is 8.24. The molecule has 0 saturated carbocycles. The molecule has 1 aromatic heterocycles.